The van der Waals surface area contributed by atoms with Crippen LogP contribution in [0.1, 0.15) is 11.1 Å². The van der Waals surface area contributed by atoms with Gasteiger partial charge in [-0.1, -0.05) is 53.7 Å². The summed E-state index contributed by atoms with van der Waals surface area (Å²) in [5.74, 6) is 2.66. The molecule has 1 N–H and O–H groups in total. The van der Waals surface area contributed by atoms with E-state index in [9.17, 15) is 14.8 Å². The highest BCUT2D eigenvalue weighted by molar-refractivity contribution is 7.24. The standard InChI is InChI=1S/C45H35NO7S2/c47-44-36-5-1-3-7-40(36)54-42-19-17-34(27-38(42)44)52-23-21-50-32-13-9-29(10-14-32)25-31(46-49)26-30-11-15-33(16-12-30)51-22-24-53-35-18-20-43-39(28-35)45(48)37-6-2-4-8-41(37)55-43/h1-20,27-28,49H,21-26H2. The highest BCUT2D eigenvalue weighted by Crippen LogP contribution is 2.29. The van der Waals surface area contributed by atoms with Gasteiger partial charge in [-0.25, -0.2) is 0 Å². The average molecular weight is 766 g/mol. The zero-order chi connectivity index (χ0) is 37.6. The molecule has 0 aliphatic rings. The molecule has 8 rings (SSSR count). The molecule has 0 unspecified atom stereocenters. The largest absolute Gasteiger partial charge is 0.490 e. The van der Waals surface area contributed by atoms with Gasteiger partial charge in [0.2, 0.25) is 0 Å². The first-order valence-corrected chi connectivity index (χ1v) is 19.4. The lowest BCUT2D eigenvalue weighted by molar-refractivity contribution is 0.217. The van der Waals surface area contributed by atoms with Gasteiger partial charge in [-0.2, -0.15) is 0 Å². The summed E-state index contributed by atoms with van der Waals surface area (Å²) in [4.78, 5) is 26.0. The Bertz CT molecular complexity index is 2590. The number of hydrogen-bond donors (Lipinski definition) is 1. The first-order valence-electron chi connectivity index (χ1n) is 17.8. The summed E-state index contributed by atoms with van der Waals surface area (Å²) < 4.78 is 27.4. The van der Waals surface area contributed by atoms with Gasteiger partial charge in [-0.15, -0.1) is 22.7 Å². The van der Waals surface area contributed by atoms with Gasteiger partial charge < -0.3 is 24.2 Å². The van der Waals surface area contributed by atoms with Crippen molar-refractivity contribution in [2.24, 2.45) is 5.16 Å². The predicted molar refractivity (Wildman–Crippen MR) is 223 cm³/mol. The van der Waals surface area contributed by atoms with E-state index < -0.39 is 0 Å². The molecule has 8 aromatic rings. The van der Waals surface area contributed by atoms with Gasteiger partial charge in [0.25, 0.3) is 0 Å². The lowest BCUT2D eigenvalue weighted by Crippen LogP contribution is -2.10. The van der Waals surface area contributed by atoms with Crippen LogP contribution in [0.3, 0.4) is 0 Å². The minimum absolute atomic E-state index is 0.0107. The minimum atomic E-state index is 0.0107. The Morgan fingerprint density at radius 1 is 0.455 bits per heavy atom. The zero-order valence-electron chi connectivity index (χ0n) is 29.6. The van der Waals surface area contributed by atoms with Crippen molar-refractivity contribution < 1.29 is 24.2 Å². The maximum Gasteiger partial charge on any atom is 0.196 e. The van der Waals surface area contributed by atoms with Crippen molar-refractivity contribution in [2.75, 3.05) is 26.4 Å². The second-order valence-electron chi connectivity index (χ2n) is 12.9. The zero-order valence-corrected chi connectivity index (χ0v) is 31.2. The van der Waals surface area contributed by atoms with Crippen molar-refractivity contribution in [2.45, 2.75) is 12.8 Å². The number of rotatable bonds is 14. The molecule has 0 fully saturated rings. The molecular weight excluding hydrogens is 731 g/mol. The van der Waals surface area contributed by atoms with E-state index in [4.69, 9.17) is 18.9 Å². The van der Waals surface area contributed by atoms with Crippen LogP contribution in [-0.4, -0.2) is 37.3 Å². The van der Waals surface area contributed by atoms with Crippen molar-refractivity contribution in [1.82, 2.24) is 0 Å². The Balaban J connectivity index is 0.772. The molecule has 2 aromatic heterocycles. The molecule has 8 nitrogen and oxygen atoms in total. The Labute approximate surface area is 324 Å². The molecule has 55 heavy (non-hydrogen) atoms. The molecule has 6 aromatic carbocycles. The summed E-state index contributed by atoms with van der Waals surface area (Å²) in [6.07, 6.45) is 0.962. The van der Waals surface area contributed by atoms with Gasteiger partial charge in [0.05, 0.1) is 5.71 Å². The van der Waals surface area contributed by atoms with E-state index in [1.54, 1.807) is 34.8 Å². The SMILES string of the molecule is O=c1c2ccccc2sc2ccc(OCCOc3ccc(CC(Cc4ccc(OCCOc5ccc6sc7ccccc7c(=O)c6c5)cc4)=NO)cc3)cc12. The third-order valence-corrected chi connectivity index (χ3v) is 11.4. The molecule has 0 saturated heterocycles. The molecule has 0 spiro atoms. The number of ether oxygens (including phenoxy) is 4. The fraction of sp³-hybridized carbons (Fsp3) is 0.133. The monoisotopic (exact) mass is 765 g/mol. The number of benzene rings is 6. The molecule has 0 saturated carbocycles. The fourth-order valence-corrected chi connectivity index (χ4v) is 8.50. The number of nitrogens with zero attached hydrogens (tertiary/aromatic N) is 1. The Hall–Kier alpha value is -6.23. The number of oxime groups is 1. The highest BCUT2D eigenvalue weighted by atomic mass is 32.1. The molecule has 2 heterocycles. The van der Waals surface area contributed by atoms with Crippen LogP contribution in [0.4, 0.5) is 0 Å². The molecule has 10 heteroatoms. The van der Waals surface area contributed by atoms with E-state index in [0.29, 0.717) is 78.8 Å². The van der Waals surface area contributed by atoms with E-state index in [1.165, 1.54) is 0 Å². The van der Waals surface area contributed by atoms with Crippen molar-refractivity contribution in [3.8, 4) is 23.0 Å². The molecule has 0 atom stereocenters. The summed E-state index contributed by atoms with van der Waals surface area (Å²) in [6.45, 7) is 1.32. The van der Waals surface area contributed by atoms with E-state index in [1.807, 2.05) is 121 Å². The number of fused-ring (bicyclic) bond motifs is 4. The Morgan fingerprint density at radius 3 is 1.24 bits per heavy atom. The smallest absolute Gasteiger partial charge is 0.196 e. The Kier molecular flexibility index (Phi) is 10.7. The summed E-state index contributed by atoms with van der Waals surface area (Å²) >= 11 is 3.19. The van der Waals surface area contributed by atoms with E-state index >= 15 is 0 Å². The number of hydrogen-bond acceptors (Lipinski definition) is 10. The fourth-order valence-electron chi connectivity index (χ4n) is 6.39. The maximum atomic E-state index is 13.0. The minimum Gasteiger partial charge on any atom is -0.490 e. The quantitative estimate of drug-likeness (QED) is 0.0387. The maximum absolute atomic E-state index is 13.0. The van der Waals surface area contributed by atoms with Gasteiger partial charge in [-0.05, 0) is 96.1 Å². The van der Waals surface area contributed by atoms with E-state index in [2.05, 4.69) is 5.16 Å². The summed E-state index contributed by atoms with van der Waals surface area (Å²) in [7, 11) is 0. The Morgan fingerprint density at radius 2 is 0.818 bits per heavy atom. The second-order valence-corrected chi connectivity index (χ2v) is 15.0. The average Bonchev–Trinajstić information content (AvgIpc) is 3.22. The lowest BCUT2D eigenvalue weighted by Gasteiger charge is -2.11. The van der Waals surface area contributed by atoms with Gasteiger partial charge in [-0.3, -0.25) is 9.59 Å². The lowest BCUT2D eigenvalue weighted by atomic mass is 10.0. The molecule has 0 aliphatic heterocycles. The first kappa shape index (κ1) is 35.8. The van der Waals surface area contributed by atoms with Crippen LogP contribution in [0.25, 0.3) is 40.3 Å². The first-order chi connectivity index (χ1) is 27.0. The van der Waals surface area contributed by atoms with Crippen molar-refractivity contribution >= 4 is 68.7 Å². The molecule has 274 valence electrons. The summed E-state index contributed by atoms with van der Waals surface area (Å²) in [5.41, 5.74) is 2.62. The van der Waals surface area contributed by atoms with Crippen LogP contribution in [0.5, 0.6) is 23.0 Å². The third kappa shape index (κ3) is 8.31. The van der Waals surface area contributed by atoms with Crippen LogP contribution in [0.15, 0.2) is 148 Å². The van der Waals surface area contributed by atoms with Gasteiger partial charge in [0.1, 0.15) is 49.4 Å². The van der Waals surface area contributed by atoms with Crippen molar-refractivity contribution in [1.29, 1.82) is 0 Å². The molecular formula is C45H35NO7S2. The van der Waals surface area contributed by atoms with E-state index in [0.717, 1.165) is 40.7 Å². The van der Waals surface area contributed by atoms with Crippen LogP contribution in [0.2, 0.25) is 0 Å². The second kappa shape index (κ2) is 16.4. The van der Waals surface area contributed by atoms with Gasteiger partial charge >= 0.3 is 0 Å². The van der Waals surface area contributed by atoms with Crippen LogP contribution < -0.4 is 29.8 Å². The van der Waals surface area contributed by atoms with E-state index in [-0.39, 0.29) is 10.9 Å². The molecule has 0 amide bonds. The molecule has 0 bridgehead atoms. The van der Waals surface area contributed by atoms with Crippen LogP contribution >= 0.6 is 22.7 Å². The molecule has 0 aliphatic carbocycles. The highest BCUT2D eigenvalue weighted by Gasteiger charge is 2.10. The van der Waals surface area contributed by atoms with Crippen molar-refractivity contribution in [3.05, 3.63) is 165 Å². The van der Waals surface area contributed by atoms with Crippen molar-refractivity contribution in [3.63, 3.8) is 0 Å². The normalized spacial score (nSPS) is 11.2. The third-order valence-electron chi connectivity index (χ3n) is 9.14. The predicted octanol–water partition coefficient (Wildman–Crippen LogP) is 9.67. The summed E-state index contributed by atoms with van der Waals surface area (Å²) in [6, 6.07) is 41.8. The van der Waals surface area contributed by atoms with Crippen LogP contribution in [-0.2, 0) is 12.8 Å². The topological polar surface area (TPSA) is 104 Å². The van der Waals surface area contributed by atoms with Crippen LogP contribution in [0, 0.1) is 0 Å². The van der Waals surface area contributed by atoms with Gasteiger partial charge in [0, 0.05) is 53.2 Å². The van der Waals surface area contributed by atoms with Gasteiger partial charge in [0.15, 0.2) is 10.9 Å². The molecule has 0 radical (unpaired) electrons. The summed E-state index contributed by atoms with van der Waals surface area (Å²) in [5, 5.41) is 16.1.